The maximum Gasteiger partial charge on any atom is 0.199 e. The zero-order valence-electron chi connectivity index (χ0n) is 11.2. The van der Waals surface area contributed by atoms with Crippen molar-refractivity contribution < 1.29 is 23.0 Å². The summed E-state index contributed by atoms with van der Waals surface area (Å²) in [6, 6.07) is 6.13. The van der Waals surface area contributed by atoms with Crippen LogP contribution < -0.4 is 9.47 Å². The van der Waals surface area contributed by atoms with Gasteiger partial charge in [-0.2, -0.15) is 0 Å². The molecule has 3 nitrogen and oxygen atoms in total. The second-order valence-electron chi connectivity index (χ2n) is 4.12. The Bertz CT molecular complexity index is 702. The van der Waals surface area contributed by atoms with Gasteiger partial charge in [-0.25, -0.2) is 8.78 Å². The minimum absolute atomic E-state index is 0.137. The van der Waals surface area contributed by atoms with Crippen LogP contribution in [0.3, 0.4) is 0 Å². The van der Waals surface area contributed by atoms with Crippen molar-refractivity contribution in [1.82, 2.24) is 0 Å². The van der Waals surface area contributed by atoms with Crippen molar-refractivity contribution in [2.24, 2.45) is 0 Å². The first kappa shape index (κ1) is 15.3. The van der Waals surface area contributed by atoms with Crippen LogP contribution in [0.25, 0.3) is 0 Å². The molecule has 0 aliphatic rings. The SMILES string of the molecule is COc1cc(F)c(C(=O)c2cccc(Cl)c2F)cc1OC. The average Bonchev–Trinajstić information content (AvgIpc) is 2.49. The van der Waals surface area contributed by atoms with Gasteiger partial charge in [0.2, 0.25) is 0 Å². The maximum atomic E-state index is 14.0. The number of rotatable bonds is 4. The first-order valence-corrected chi connectivity index (χ1v) is 6.27. The van der Waals surface area contributed by atoms with Gasteiger partial charge in [0.25, 0.3) is 0 Å². The van der Waals surface area contributed by atoms with E-state index in [2.05, 4.69) is 0 Å². The summed E-state index contributed by atoms with van der Waals surface area (Å²) < 4.78 is 37.8. The zero-order valence-corrected chi connectivity index (χ0v) is 12.0. The van der Waals surface area contributed by atoms with E-state index in [0.717, 1.165) is 12.1 Å². The lowest BCUT2D eigenvalue weighted by Gasteiger charge is -2.11. The second kappa shape index (κ2) is 6.10. The Morgan fingerprint density at radius 1 is 1.05 bits per heavy atom. The zero-order chi connectivity index (χ0) is 15.6. The van der Waals surface area contributed by atoms with Gasteiger partial charge in [-0.3, -0.25) is 4.79 Å². The van der Waals surface area contributed by atoms with E-state index < -0.39 is 17.4 Å². The van der Waals surface area contributed by atoms with Gasteiger partial charge in [0.05, 0.1) is 30.4 Å². The van der Waals surface area contributed by atoms with Crippen LogP contribution in [-0.2, 0) is 0 Å². The monoisotopic (exact) mass is 312 g/mol. The standard InChI is InChI=1S/C15H11ClF2O3/c1-20-12-6-9(11(17)7-13(12)21-2)15(19)8-4-3-5-10(16)14(8)18/h3-7H,1-2H3. The molecule has 0 aliphatic heterocycles. The molecule has 0 bridgehead atoms. The Kier molecular flexibility index (Phi) is 4.43. The van der Waals surface area contributed by atoms with E-state index in [1.54, 1.807) is 0 Å². The van der Waals surface area contributed by atoms with Crippen LogP contribution >= 0.6 is 11.6 Å². The highest BCUT2D eigenvalue weighted by atomic mass is 35.5. The number of hydrogen-bond acceptors (Lipinski definition) is 3. The predicted molar refractivity (Wildman–Crippen MR) is 74.3 cm³/mol. The summed E-state index contributed by atoms with van der Waals surface area (Å²) in [5, 5.41) is -0.207. The number of ketones is 1. The van der Waals surface area contributed by atoms with Crippen LogP contribution in [-0.4, -0.2) is 20.0 Å². The molecule has 0 spiro atoms. The molecule has 2 rings (SSSR count). The van der Waals surface area contributed by atoms with E-state index in [4.69, 9.17) is 21.1 Å². The lowest BCUT2D eigenvalue weighted by Crippen LogP contribution is -2.08. The molecule has 0 saturated carbocycles. The second-order valence-corrected chi connectivity index (χ2v) is 4.52. The van der Waals surface area contributed by atoms with Crippen LogP contribution in [0.2, 0.25) is 5.02 Å². The minimum atomic E-state index is -0.890. The van der Waals surface area contributed by atoms with E-state index in [-0.39, 0.29) is 27.6 Å². The maximum absolute atomic E-state index is 14.0. The van der Waals surface area contributed by atoms with Crippen molar-refractivity contribution in [2.45, 2.75) is 0 Å². The normalized spacial score (nSPS) is 10.3. The number of carbonyl (C=O) groups excluding carboxylic acids is 1. The molecule has 0 aromatic heterocycles. The highest BCUT2D eigenvalue weighted by Crippen LogP contribution is 2.31. The fourth-order valence-electron chi connectivity index (χ4n) is 1.85. The molecule has 21 heavy (non-hydrogen) atoms. The van der Waals surface area contributed by atoms with Gasteiger partial charge in [0.15, 0.2) is 23.1 Å². The first-order valence-electron chi connectivity index (χ1n) is 5.89. The molecule has 0 unspecified atom stereocenters. The summed E-state index contributed by atoms with van der Waals surface area (Å²) in [6.45, 7) is 0. The average molecular weight is 313 g/mol. The molecule has 0 heterocycles. The molecule has 0 radical (unpaired) electrons. The van der Waals surface area contributed by atoms with Crippen molar-refractivity contribution in [1.29, 1.82) is 0 Å². The van der Waals surface area contributed by atoms with E-state index in [1.807, 2.05) is 0 Å². The molecule has 0 saturated heterocycles. The third-order valence-corrected chi connectivity index (χ3v) is 3.21. The van der Waals surface area contributed by atoms with Crippen LogP contribution in [0.1, 0.15) is 15.9 Å². The van der Waals surface area contributed by atoms with Gasteiger partial charge in [0.1, 0.15) is 5.82 Å². The number of hydrogen-bond donors (Lipinski definition) is 0. The summed E-state index contributed by atoms with van der Waals surface area (Å²) in [5.74, 6) is -2.24. The molecule has 2 aromatic rings. The minimum Gasteiger partial charge on any atom is -0.493 e. The van der Waals surface area contributed by atoms with Gasteiger partial charge in [-0.15, -0.1) is 0 Å². The van der Waals surface area contributed by atoms with Crippen molar-refractivity contribution in [3.8, 4) is 11.5 Å². The van der Waals surface area contributed by atoms with Crippen LogP contribution in [0, 0.1) is 11.6 Å². The number of ether oxygens (including phenoxy) is 2. The summed E-state index contributed by atoms with van der Waals surface area (Å²) >= 11 is 5.63. The molecule has 0 amide bonds. The van der Waals surface area contributed by atoms with Gasteiger partial charge in [0, 0.05) is 6.07 Å². The van der Waals surface area contributed by atoms with Crippen LogP contribution in [0.15, 0.2) is 30.3 Å². The molecular weight excluding hydrogens is 302 g/mol. The van der Waals surface area contributed by atoms with E-state index >= 15 is 0 Å². The number of benzene rings is 2. The Hall–Kier alpha value is -2.14. The van der Waals surface area contributed by atoms with Gasteiger partial charge >= 0.3 is 0 Å². The summed E-state index contributed by atoms with van der Waals surface area (Å²) in [4.78, 5) is 12.3. The molecule has 0 N–H and O–H groups in total. The van der Waals surface area contributed by atoms with Crippen molar-refractivity contribution in [3.63, 3.8) is 0 Å². The summed E-state index contributed by atoms with van der Waals surface area (Å²) in [5.41, 5.74) is -0.637. The van der Waals surface area contributed by atoms with E-state index in [9.17, 15) is 13.6 Å². The summed E-state index contributed by atoms with van der Waals surface area (Å²) in [6.07, 6.45) is 0. The van der Waals surface area contributed by atoms with Gasteiger partial charge in [-0.05, 0) is 18.2 Å². The molecule has 0 aliphatic carbocycles. The third-order valence-electron chi connectivity index (χ3n) is 2.91. The Labute approximate surface area is 125 Å². The lowest BCUT2D eigenvalue weighted by molar-refractivity contribution is 0.103. The predicted octanol–water partition coefficient (Wildman–Crippen LogP) is 3.87. The van der Waals surface area contributed by atoms with Crippen molar-refractivity contribution in [2.75, 3.05) is 14.2 Å². The fraction of sp³-hybridized carbons (Fsp3) is 0.133. The Balaban J connectivity index is 2.56. The van der Waals surface area contributed by atoms with Gasteiger partial charge < -0.3 is 9.47 Å². The Morgan fingerprint density at radius 2 is 1.67 bits per heavy atom. The van der Waals surface area contributed by atoms with Gasteiger partial charge in [-0.1, -0.05) is 17.7 Å². The highest BCUT2D eigenvalue weighted by molar-refractivity contribution is 6.31. The quantitative estimate of drug-likeness (QED) is 0.804. The molecular formula is C15H11ClF2O3. The summed E-state index contributed by atoms with van der Waals surface area (Å²) in [7, 11) is 2.69. The van der Waals surface area contributed by atoms with E-state index in [0.29, 0.717) is 0 Å². The number of methoxy groups -OCH3 is 2. The lowest BCUT2D eigenvalue weighted by atomic mass is 10.0. The first-order chi connectivity index (χ1) is 9.99. The number of halogens is 3. The third kappa shape index (κ3) is 2.83. The van der Waals surface area contributed by atoms with Crippen LogP contribution in [0.5, 0.6) is 11.5 Å². The molecule has 2 aromatic carbocycles. The number of carbonyl (C=O) groups is 1. The molecule has 6 heteroatoms. The highest BCUT2D eigenvalue weighted by Gasteiger charge is 2.21. The smallest absolute Gasteiger partial charge is 0.199 e. The largest absolute Gasteiger partial charge is 0.493 e. The van der Waals surface area contributed by atoms with Crippen molar-refractivity contribution in [3.05, 3.63) is 58.1 Å². The topological polar surface area (TPSA) is 35.5 Å². The van der Waals surface area contributed by atoms with Crippen molar-refractivity contribution >= 4 is 17.4 Å². The molecule has 110 valence electrons. The molecule has 0 atom stereocenters. The Morgan fingerprint density at radius 3 is 2.29 bits per heavy atom. The molecule has 0 fully saturated rings. The van der Waals surface area contributed by atoms with Crippen LogP contribution in [0.4, 0.5) is 8.78 Å². The fourth-order valence-corrected chi connectivity index (χ4v) is 2.03. The van der Waals surface area contributed by atoms with E-state index in [1.165, 1.54) is 32.4 Å².